The molecule has 0 aromatic carbocycles. The zero-order valence-electron chi connectivity index (χ0n) is 51.6. The van der Waals surface area contributed by atoms with Crippen molar-refractivity contribution in [3.63, 3.8) is 0 Å². The molecule has 0 saturated carbocycles. The number of rotatable bonds is 59. The quantitative estimate of drug-likeness (QED) is 0.0261. The van der Waals surface area contributed by atoms with Gasteiger partial charge in [0.1, 0.15) is 13.2 Å². The fourth-order valence-corrected chi connectivity index (χ4v) is 9.05. The first-order valence-electron chi connectivity index (χ1n) is 33.0. The lowest BCUT2D eigenvalue weighted by Gasteiger charge is -2.18. The zero-order valence-corrected chi connectivity index (χ0v) is 51.6. The SMILES string of the molecule is CC/C=C\C/C=C\C/C=C\C/C=C\C/C=C\CCCC(=O)OC(COC(=O)CCCCC/C=C\C/C=C\C/C=C\CC)COC(=O)CCCCCCCCCCCCCCCCCCCCC/C=C\C/C=C\CCCCCCC. The lowest BCUT2D eigenvalue weighted by Crippen LogP contribution is -2.30. The molecule has 6 nitrogen and oxygen atoms in total. The number of carbonyl (C=O) groups excluding carboxylic acids is 3. The highest BCUT2D eigenvalue weighted by molar-refractivity contribution is 5.71. The lowest BCUT2D eigenvalue weighted by atomic mass is 10.0. The Kier molecular flexibility index (Phi) is 62.8. The van der Waals surface area contributed by atoms with Crippen molar-refractivity contribution in [3.05, 3.63) is 122 Å². The van der Waals surface area contributed by atoms with E-state index >= 15 is 0 Å². The highest BCUT2D eigenvalue weighted by Crippen LogP contribution is 2.16. The summed E-state index contributed by atoms with van der Waals surface area (Å²) in [7, 11) is 0. The average Bonchev–Trinajstić information content (AvgIpc) is 3.45. The third-order valence-corrected chi connectivity index (χ3v) is 13.9. The molecule has 6 heteroatoms. The van der Waals surface area contributed by atoms with Crippen LogP contribution in [0.15, 0.2) is 122 Å². The summed E-state index contributed by atoms with van der Waals surface area (Å²) in [4.78, 5) is 38.2. The topological polar surface area (TPSA) is 78.9 Å². The number of carbonyl (C=O) groups is 3. The Bertz CT molecular complexity index is 1640. The molecule has 0 radical (unpaired) electrons. The van der Waals surface area contributed by atoms with E-state index < -0.39 is 6.10 Å². The van der Waals surface area contributed by atoms with Crippen molar-refractivity contribution in [3.8, 4) is 0 Å². The molecule has 0 amide bonds. The highest BCUT2D eigenvalue weighted by atomic mass is 16.6. The maximum absolute atomic E-state index is 12.9. The predicted octanol–water partition coefficient (Wildman–Crippen LogP) is 22.8. The van der Waals surface area contributed by atoms with Gasteiger partial charge in [0.05, 0.1) is 0 Å². The molecule has 0 aliphatic carbocycles. The van der Waals surface area contributed by atoms with Gasteiger partial charge in [-0.15, -0.1) is 0 Å². The molecule has 0 saturated heterocycles. The van der Waals surface area contributed by atoms with E-state index in [2.05, 4.69) is 142 Å². The fraction of sp³-hybridized carbons (Fsp3) is 0.685. The van der Waals surface area contributed by atoms with Gasteiger partial charge in [-0.1, -0.05) is 284 Å². The Morgan fingerprint density at radius 1 is 0.266 bits per heavy atom. The van der Waals surface area contributed by atoms with Crippen molar-refractivity contribution in [1.82, 2.24) is 0 Å². The van der Waals surface area contributed by atoms with Gasteiger partial charge in [0.25, 0.3) is 0 Å². The summed E-state index contributed by atoms with van der Waals surface area (Å²) in [6.07, 6.45) is 92.4. The van der Waals surface area contributed by atoms with Crippen LogP contribution in [0.3, 0.4) is 0 Å². The number of hydrogen-bond donors (Lipinski definition) is 0. The van der Waals surface area contributed by atoms with E-state index in [-0.39, 0.29) is 37.5 Å². The first-order chi connectivity index (χ1) is 39.0. The van der Waals surface area contributed by atoms with Gasteiger partial charge in [0.15, 0.2) is 6.10 Å². The van der Waals surface area contributed by atoms with Gasteiger partial charge in [0.2, 0.25) is 0 Å². The van der Waals surface area contributed by atoms with Crippen molar-refractivity contribution < 1.29 is 28.6 Å². The second-order valence-corrected chi connectivity index (χ2v) is 21.6. The first-order valence-corrected chi connectivity index (χ1v) is 33.0. The number of unbranched alkanes of at least 4 members (excludes halogenated alkanes) is 28. The van der Waals surface area contributed by atoms with Crippen LogP contribution in [0.25, 0.3) is 0 Å². The molecule has 0 spiro atoms. The van der Waals surface area contributed by atoms with Gasteiger partial charge in [-0.05, 0) is 122 Å². The fourth-order valence-electron chi connectivity index (χ4n) is 9.05. The summed E-state index contributed by atoms with van der Waals surface area (Å²) in [5.74, 6) is -0.996. The minimum absolute atomic E-state index is 0.111. The third-order valence-electron chi connectivity index (χ3n) is 13.9. The molecular formula is C73H122O6. The Balaban J connectivity index is 4.26. The molecule has 0 fully saturated rings. The molecule has 450 valence electrons. The molecular weight excluding hydrogens is 973 g/mol. The minimum Gasteiger partial charge on any atom is -0.462 e. The van der Waals surface area contributed by atoms with Crippen LogP contribution in [0.2, 0.25) is 0 Å². The predicted molar refractivity (Wildman–Crippen MR) is 343 cm³/mol. The summed E-state index contributed by atoms with van der Waals surface area (Å²) in [6, 6.07) is 0. The van der Waals surface area contributed by atoms with E-state index in [1.54, 1.807) is 0 Å². The molecule has 79 heavy (non-hydrogen) atoms. The van der Waals surface area contributed by atoms with Crippen LogP contribution in [0.4, 0.5) is 0 Å². The monoisotopic (exact) mass is 1090 g/mol. The highest BCUT2D eigenvalue weighted by Gasteiger charge is 2.19. The minimum atomic E-state index is -0.823. The van der Waals surface area contributed by atoms with E-state index in [1.165, 1.54) is 148 Å². The van der Waals surface area contributed by atoms with Crippen LogP contribution >= 0.6 is 0 Å². The van der Waals surface area contributed by atoms with Crippen LogP contribution in [0.1, 0.15) is 303 Å². The molecule has 1 atom stereocenters. The third kappa shape index (κ3) is 64.5. The van der Waals surface area contributed by atoms with Gasteiger partial charge >= 0.3 is 17.9 Å². The van der Waals surface area contributed by atoms with Crippen molar-refractivity contribution in [2.45, 2.75) is 309 Å². The van der Waals surface area contributed by atoms with Crippen LogP contribution < -0.4 is 0 Å². The molecule has 0 rings (SSSR count). The van der Waals surface area contributed by atoms with E-state index in [0.29, 0.717) is 19.3 Å². The van der Waals surface area contributed by atoms with Crippen LogP contribution in [-0.4, -0.2) is 37.2 Å². The normalized spacial score (nSPS) is 12.9. The maximum atomic E-state index is 12.9. The molecule has 1 unspecified atom stereocenters. The summed E-state index contributed by atoms with van der Waals surface area (Å²) in [6.45, 7) is 6.34. The van der Waals surface area contributed by atoms with Crippen LogP contribution in [0, 0.1) is 0 Å². The Morgan fingerprint density at radius 2 is 0.506 bits per heavy atom. The summed E-state index contributed by atoms with van der Waals surface area (Å²) < 4.78 is 16.8. The molecule has 0 N–H and O–H groups in total. The van der Waals surface area contributed by atoms with E-state index in [4.69, 9.17) is 14.2 Å². The van der Waals surface area contributed by atoms with Gasteiger partial charge in [-0.25, -0.2) is 0 Å². The summed E-state index contributed by atoms with van der Waals surface area (Å²) in [5, 5.41) is 0. The molecule has 0 aromatic rings. The molecule has 0 aromatic heterocycles. The smallest absolute Gasteiger partial charge is 0.306 e. The molecule has 0 heterocycles. The van der Waals surface area contributed by atoms with Crippen LogP contribution in [0.5, 0.6) is 0 Å². The largest absolute Gasteiger partial charge is 0.462 e. The van der Waals surface area contributed by atoms with Crippen molar-refractivity contribution in [2.24, 2.45) is 0 Å². The van der Waals surface area contributed by atoms with E-state index in [0.717, 1.165) is 109 Å². The van der Waals surface area contributed by atoms with E-state index in [1.807, 2.05) is 0 Å². The van der Waals surface area contributed by atoms with Gasteiger partial charge in [-0.3, -0.25) is 14.4 Å². The zero-order chi connectivity index (χ0) is 57.1. The number of esters is 3. The van der Waals surface area contributed by atoms with Crippen molar-refractivity contribution in [2.75, 3.05) is 13.2 Å². The molecule has 0 bridgehead atoms. The van der Waals surface area contributed by atoms with Gasteiger partial charge < -0.3 is 14.2 Å². The lowest BCUT2D eigenvalue weighted by molar-refractivity contribution is -0.167. The van der Waals surface area contributed by atoms with E-state index in [9.17, 15) is 14.4 Å². The molecule has 0 aliphatic rings. The number of allylic oxidation sites excluding steroid dienone is 20. The molecule has 0 aliphatic heterocycles. The average molecular weight is 1100 g/mol. The number of hydrogen-bond acceptors (Lipinski definition) is 6. The Labute approximate surface area is 488 Å². The maximum Gasteiger partial charge on any atom is 0.306 e. The van der Waals surface area contributed by atoms with Crippen LogP contribution in [-0.2, 0) is 28.6 Å². The Morgan fingerprint density at radius 3 is 0.823 bits per heavy atom. The second kappa shape index (κ2) is 66.3. The van der Waals surface area contributed by atoms with Crippen molar-refractivity contribution >= 4 is 17.9 Å². The van der Waals surface area contributed by atoms with Gasteiger partial charge in [0, 0.05) is 19.3 Å². The standard InChI is InChI=1S/C73H122O6/c1-4-7-10-13-16-19-22-25-27-29-30-31-32-33-34-35-36-37-38-39-40-41-42-44-45-48-51-54-57-60-63-66-72(75)78-69-70(68-77-71(74)65-62-59-56-53-50-47-24-21-18-15-12-9-6-3)79-73(76)67-64-61-58-55-52-49-46-43-28-26-23-20-17-14-11-8-5-2/h8-9,11-12,17-18,20-22,25-26,28-30,46-47,49-50,55,58,70H,4-7,10,13-16,19,23-24,27,31-45,48,51-54,56-57,59-69H2,1-3H3/b11-8-,12-9-,20-17-,21-18-,25-22-,28-26-,30-29-,49-46-,50-47-,58-55-. The Hall–Kier alpha value is -4.19. The summed E-state index contributed by atoms with van der Waals surface area (Å²) in [5.41, 5.74) is 0. The number of ether oxygens (including phenoxy) is 3. The second-order valence-electron chi connectivity index (χ2n) is 21.6. The van der Waals surface area contributed by atoms with Crippen molar-refractivity contribution in [1.29, 1.82) is 0 Å². The summed E-state index contributed by atoms with van der Waals surface area (Å²) >= 11 is 0. The first kappa shape index (κ1) is 74.8. The van der Waals surface area contributed by atoms with Gasteiger partial charge in [-0.2, -0.15) is 0 Å².